The molecule has 92 valence electrons. The lowest BCUT2D eigenvalue weighted by molar-refractivity contribution is 0.398. The van der Waals surface area contributed by atoms with Crippen LogP contribution < -0.4 is 4.74 Å². The van der Waals surface area contributed by atoms with Gasteiger partial charge in [-0.25, -0.2) is 4.98 Å². The Labute approximate surface area is 115 Å². The molecule has 2 aromatic rings. The van der Waals surface area contributed by atoms with Crippen molar-refractivity contribution in [2.75, 3.05) is 7.11 Å². The van der Waals surface area contributed by atoms with Gasteiger partial charge in [0.15, 0.2) is 0 Å². The fraction of sp³-hybridized carbons (Fsp3) is 0.267. The molecule has 0 fully saturated rings. The van der Waals surface area contributed by atoms with Gasteiger partial charge in [0.2, 0.25) is 5.88 Å². The maximum Gasteiger partial charge on any atom is 0.213 e. The quantitative estimate of drug-likeness (QED) is 0.836. The highest BCUT2D eigenvalue weighted by atomic mass is 79.9. The van der Waals surface area contributed by atoms with E-state index in [0.29, 0.717) is 5.88 Å². The molecule has 1 aliphatic rings. The second kappa shape index (κ2) is 4.73. The molecule has 0 spiro atoms. The second-order valence-electron chi connectivity index (χ2n) is 4.51. The van der Waals surface area contributed by atoms with Crippen molar-refractivity contribution in [2.24, 2.45) is 0 Å². The van der Waals surface area contributed by atoms with Crippen molar-refractivity contribution in [2.45, 2.75) is 19.3 Å². The average Bonchev–Trinajstić information content (AvgIpc) is 2.88. The third kappa shape index (κ3) is 1.93. The van der Waals surface area contributed by atoms with Crippen molar-refractivity contribution in [3.63, 3.8) is 0 Å². The zero-order valence-electron chi connectivity index (χ0n) is 10.2. The summed E-state index contributed by atoms with van der Waals surface area (Å²) in [6.45, 7) is 0. The van der Waals surface area contributed by atoms with Crippen molar-refractivity contribution < 1.29 is 4.74 Å². The number of fused-ring (bicyclic) bond motifs is 1. The summed E-state index contributed by atoms with van der Waals surface area (Å²) >= 11 is 3.75. The maximum absolute atomic E-state index is 5.18. The third-order valence-electron chi connectivity index (χ3n) is 3.47. The summed E-state index contributed by atoms with van der Waals surface area (Å²) in [7, 11) is 1.64. The van der Waals surface area contributed by atoms with Crippen LogP contribution in [0.25, 0.3) is 11.1 Å². The first kappa shape index (κ1) is 11.7. The Kier molecular flexibility index (Phi) is 3.08. The van der Waals surface area contributed by atoms with Crippen molar-refractivity contribution in [1.29, 1.82) is 0 Å². The number of halogens is 1. The van der Waals surface area contributed by atoms with Crippen molar-refractivity contribution in [3.05, 3.63) is 46.1 Å². The van der Waals surface area contributed by atoms with Gasteiger partial charge < -0.3 is 4.74 Å². The monoisotopic (exact) mass is 303 g/mol. The molecular weight excluding hydrogens is 290 g/mol. The molecule has 0 saturated carbocycles. The van der Waals surface area contributed by atoms with Gasteiger partial charge in [-0.05, 0) is 63.5 Å². The van der Waals surface area contributed by atoms with E-state index in [-0.39, 0.29) is 0 Å². The first-order chi connectivity index (χ1) is 8.79. The molecule has 1 aromatic carbocycles. The molecule has 0 atom stereocenters. The lowest BCUT2D eigenvalue weighted by Crippen LogP contribution is -1.91. The van der Waals surface area contributed by atoms with Crippen molar-refractivity contribution >= 4 is 15.9 Å². The molecule has 0 amide bonds. The van der Waals surface area contributed by atoms with Crippen molar-refractivity contribution in [1.82, 2.24) is 4.98 Å². The smallest absolute Gasteiger partial charge is 0.213 e. The molecule has 0 aliphatic heterocycles. The minimum Gasteiger partial charge on any atom is -0.481 e. The van der Waals surface area contributed by atoms with Gasteiger partial charge in [0.05, 0.1) is 7.11 Å². The van der Waals surface area contributed by atoms with Gasteiger partial charge in [0, 0.05) is 16.7 Å². The van der Waals surface area contributed by atoms with Crippen LogP contribution in [-0.2, 0) is 12.8 Å². The first-order valence-electron chi connectivity index (χ1n) is 6.10. The molecule has 0 N–H and O–H groups in total. The molecule has 18 heavy (non-hydrogen) atoms. The number of benzene rings is 1. The predicted octanol–water partition coefficient (Wildman–Crippen LogP) is 4.01. The zero-order valence-corrected chi connectivity index (χ0v) is 11.8. The van der Waals surface area contributed by atoms with Crippen LogP contribution in [0, 0.1) is 0 Å². The Morgan fingerprint density at radius 3 is 2.94 bits per heavy atom. The highest BCUT2D eigenvalue weighted by molar-refractivity contribution is 9.10. The van der Waals surface area contributed by atoms with E-state index >= 15 is 0 Å². The minimum atomic E-state index is 0.653. The van der Waals surface area contributed by atoms with E-state index in [1.807, 2.05) is 12.1 Å². The lowest BCUT2D eigenvalue weighted by atomic mass is 10.0. The number of ether oxygens (including phenoxy) is 1. The van der Waals surface area contributed by atoms with Crippen LogP contribution in [0.2, 0.25) is 0 Å². The van der Waals surface area contributed by atoms with Crippen LogP contribution in [0.5, 0.6) is 5.88 Å². The number of methoxy groups -OCH3 is 1. The van der Waals surface area contributed by atoms with E-state index in [9.17, 15) is 0 Å². The maximum atomic E-state index is 5.18. The topological polar surface area (TPSA) is 22.1 Å². The summed E-state index contributed by atoms with van der Waals surface area (Å²) < 4.78 is 6.41. The number of nitrogens with zero attached hydrogens (tertiary/aromatic N) is 1. The largest absolute Gasteiger partial charge is 0.481 e. The number of hydrogen-bond acceptors (Lipinski definition) is 2. The molecule has 3 heteroatoms. The van der Waals surface area contributed by atoms with Crippen LogP contribution in [0.4, 0.5) is 0 Å². The minimum absolute atomic E-state index is 0.653. The summed E-state index contributed by atoms with van der Waals surface area (Å²) in [4.78, 5) is 4.15. The molecule has 1 heterocycles. The van der Waals surface area contributed by atoms with Gasteiger partial charge in [0.1, 0.15) is 0 Å². The molecule has 3 rings (SSSR count). The van der Waals surface area contributed by atoms with E-state index < -0.39 is 0 Å². The second-order valence-corrected chi connectivity index (χ2v) is 5.30. The van der Waals surface area contributed by atoms with Gasteiger partial charge in [-0.2, -0.15) is 0 Å². The zero-order chi connectivity index (χ0) is 12.5. The highest BCUT2D eigenvalue weighted by Crippen LogP contribution is 2.37. The fourth-order valence-electron chi connectivity index (χ4n) is 2.53. The first-order valence-corrected chi connectivity index (χ1v) is 6.89. The van der Waals surface area contributed by atoms with E-state index in [4.69, 9.17) is 4.74 Å². The van der Waals surface area contributed by atoms with E-state index in [1.54, 1.807) is 13.3 Å². The SMILES string of the molecule is COc1cc(-c2ccc3c(c2Br)CCC3)ccn1. The Hall–Kier alpha value is -1.35. The lowest BCUT2D eigenvalue weighted by Gasteiger charge is -2.10. The van der Waals surface area contributed by atoms with Gasteiger partial charge >= 0.3 is 0 Å². The van der Waals surface area contributed by atoms with Crippen LogP contribution >= 0.6 is 15.9 Å². The summed E-state index contributed by atoms with van der Waals surface area (Å²) in [6.07, 6.45) is 5.42. The third-order valence-corrected chi connectivity index (χ3v) is 4.37. The number of aromatic nitrogens is 1. The molecule has 0 radical (unpaired) electrons. The summed E-state index contributed by atoms with van der Waals surface area (Å²) in [5.41, 5.74) is 5.30. The Balaban J connectivity index is 2.11. The van der Waals surface area contributed by atoms with Crippen LogP contribution in [-0.4, -0.2) is 12.1 Å². The summed E-state index contributed by atoms with van der Waals surface area (Å²) in [6, 6.07) is 8.42. The van der Waals surface area contributed by atoms with Gasteiger partial charge in [-0.3, -0.25) is 0 Å². The Bertz CT molecular complexity index is 595. The Morgan fingerprint density at radius 2 is 2.11 bits per heavy atom. The van der Waals surface area contributed by atoms with E-state index in [0.717, 1.165) is 5.56 Å². The molecule has 2 nitrogen and oxygen atoms in total. The molecule has 0 saturated heterocycles. The summed E-state index contributed by atoms with van der Waals surface area (Å²) in [5, 5.41) is 0. The van der Waals surface area contributed by atoms with E-state index in [2.05, 4.69) is 33.0 Å². The number of pyridine rings is 1. The van der Waals surface area contributed by atoms with Crippen molar-refractivity contribution in [3.8, 4) is 17.0 Å². The number of aryl methyl sites for hydroxylation is 1. The normalized spacial score (nSPS) is 13.4. The van der Waals surface area contributed by atoms with Gasteiger partial charge in [0.25, 0.3) is 0 Å². The van der Waals surface area contributed by atoms with Gasteiger partial charge in [-0.15, -0.1) is 0 Å². The molecule has 0 unspecified atom stereocenters. The standard InChI is InChI=1S/C15H14BrNO/c1-18-14-9-11(7-8-17-14)13-6-5-10-3-2-4-12(10)15(13)16/h5-9H,2-4H2,1H3. The number of rotatable bonds is 2. The average molecular weight is 304 g/mol. The summed E-state index contributed by atoms with van der Waals surface area (Å²) in [5.74, 6) is 0.653. The predicted molar refractivity (Wildman–Crippen MR) is 76.0 cm³/mol. The number of hydrogen-bond donors (Lipinski definition) is 0. The van der Waals surface area contributed by atoms with Crippen LogP contribution in [0.3, 0.4) is 0 Å². The Morgan fingerprint density at radius 1 is 1.22 bits per heavy atom. The van der Waals surface area contributed by atoms with Crippen LogP contribution in [0.15, 0.2) is 34.9 Å². The molecule has 0 bridgehead atoms. The highest BCUT2D eigenvalue weighted by Gasteiger charge is 2.17. The van der Waals surface area contributed by atoms with Crippen LogP contribution in [0.1, 0.15) is 17.5 Å². The molecular formula is C15H14BrNO. The fourth-order valence-corrected chi connectivity index (χ4v) is 3.35. The van der Waals surface area contributed by atoms with Gasteiger partial charge in [-0.1, -0.05) is 12.1 Å². The van der Waals surface area contributed by atoms with E-state index in [1.165, 1.54) is 40.4 Å². The molecule has 1 aliphatic carbocycles. The molecule has 1 aromatic heterocycles.